The highest BCUT2D eigenvalue weighted by Gasteiger charge is 2.28. The summed E-state index contributed by atoms with van der Waals surface area (Å²) in [6.45, 7) is 4.13. The van der Waals surface area contributed by atoms with E-state index in [1.165, 1.54) is 0 Å². The normalized spacial score (nSPS) is 27.4. The number of esters is 1. The van der Waals surface area contributed by atoms with Crippen LogP contribution in [0.1, 0.15) is 46.0 Å². The van der Waals surface area contributed by atoms with Crippen molar-refractivity contribution in [3.8, 4) is 0 Å². The average molecular weight is 229 g/mol. The number of carbonyl (C=O) groups is 1. The van der Waals surface area contributed by atoms with E-state index in [1.54, 1.807) is 6.92 Å². The lowest BCUT2D eigenvalue weighted by Crippen LogP contribution is -2.43. The second-order valence-corrected chi connectivity index (χ2v) is 4.27. The Labute approximate surface area is 97.5 Å². The average Bonchev–Trinajstić information content (AvgIpc) is 2.28. The van der Waals surface area contributed by atoms with Crippen molar-refractivity contribution in [2.24, 2.45) is 5.73 Å². The minimum Gasteiger partial charge on any atom is -0.464 e. The van der Waals surface area contributed by atoms with Crippen LogP contribution in [0.25, 0.3) is 0 Å². The van der Waals surface area contributed by atoms with Gasteiger partial charge in [0.25, 0.3) is 0 Å². The van der Waals surface area contributed by atoms with E-state index in [2.05, 4.69) is 0 Å². The molecule has 0 bridgehead atoms. The third-order valence-corrected chi connectivity index (χ3v) is 3.01. The lowest BCUT2D eigenvalue weighted by atomic mass is 9.93. The van der Waals surface area contributed by atoms with Crippen LogP contribution in [-0.4, -0.2) is 30.8 Å². The Bertz CT molecular complexity index is 220. The Balaban J connectivity index is 2.44. The molecule has 16 heavy (non-hydrogen) atoms. The molecule has 4 heteroatoms. The molecule has 0 aliphatic heterocycles. The van der Waals surface area contributed by atoms with Crippen molar-refractivity contribution in [1.82, 2.24) is 0 Å². The molecule has 1 aliphatic rings. The predicted molar refractivity (Wildman–Crippen MR) is 62.0 cm³/mol. The Hall–Kier alpha value is -0.610. The number of hydrogen-bond donors (Lipinski definition) is 1. The van der Waals surface area contributed by atoms with E-state index in [9.17, 15) is 4.79 Å². The molecule has 1 saturated carbocycles. The van der Waals surface area contributed by atoms with Gasteiger partial charge in [0.1, 0.15) is 0 Å². The van der Waals surface area contributed by atoms with Crippen LogP contribution in [0.3, 0.4) is 0 Å². The van der Waals surface area contributed by atoms with Crippen molar-refractivity contribution in [3.63, 3.8) is 0 Å². The smallest absolute Gasteiger partial charge is 0.335 e. The van der Waals surface area contributed by atoms with Gasteiger partial charge in [-0.05, 0) is 26.2 Å². The van der Waals surface area contributed by atoms with Crippen LogP contribution in [0, 0.1) is 0 Å². The quantitative estimate of drug-likeness (QED) is 0.728. The van der Waals surface area contributed by atoms with Gasteiger partial charge < -0.3 is 15.2 Å². The first kappa shape index (κ1) is 13.5. The zero-order valence-electron chi connectivity index (χ0n) is 10.3. The minimum atomic E-state index is -0.450. The molecule has 0 radical (unpaired) electrons. The van der Waals surface area contributed by atoms with Gasteiger partial charge in [-0.2, -0.15) is 0 Å². The molecule has 3 unspecified atom stereocenters. The number of ether oxygens (including phenoxy) is 2. The lowest BCUT2D eigenvalue weighted by Gasteiger charge is -2.31. The van der Waals surface area contributed by atoms with Crippen LogP contribution < -0.4 is 5.73 Å². The van der Waals surface area contributed by atoms with Gasteiger partial charge in [0, 0.05) is 6.04 Å². The highest BCUT2D eigenvalue weighted by Crippen LogP contribution is 2.21. The summed E-state index contributed by atoms with van der Waals surface area (Å²) in [7, 11) is 0. The summed E-state index contributed by atoms with van der Waals surface area (Å²) in [5.74, 6) is -0.261. The predicted octanol–water partition coefficient (Wildman–Crippen LogP) is 1.61. The molecular weight excluding hydrogens is 206 g/mol. The first-order valence-corrected chi connectivity index (χ1v) is 6.26. The number of nitrogens with two attached hydrogens (primary N) is 1. The van der Waals surface area contributed by atoms with E-state index in [1.807, 2.05) is 6.92 Å². The SMILES string of the molecule is CCOC(=O)C(CC)OC1CCCCC1N. The van der Waals surface area contributed by atoms with Gasteiger partial charge in [-0.15, -0.1) is 0 Å². The van der Waals surface area contributed by atoms with Crippen LogP contribution in [0.5, 0.6) is 0 Å². The summed E-state index contributed by atoms with van der Waals surface area (Å²) in [6, 6.07) is 0.0669. The summed E-state index contributed by atoms with van der Waals surface area (Å²) < 4.78 is 10.7. The van der Waals surface area contributed by atoms with Gasteiger partial charge in [-0.25, -0.2) is 4.79 Å². The molecule has 94 valence electrons. The van der Waals surface area contributed by atoms with Gasteiger partial charge in [0.15, 0.2) is 6.10 Å². The fourth-order valence-electron chi connectivity index (χ4n) is 2.06. The minimum absolute atomic E-state index is 0.0168. The molecule has 0 saturated heterocycles. The molecule has 4 nitrogen and oxygen atoms in total. The van der Waals surface area contributed by atoms with Crippen LogP contribution in [0.15, 0.2) is 0 Å². The summed E-state index contributed by atoms with van der Waals surface area (Å²) in [4.78, 5) is 11.6. The Morgan fingerprint density at radius 1 is 1.38 bits per heavy atom. The highest BCUT2D eigenvalue weighted by atomic mass is 16.6. The molecular formula is C12H23NO3. The largest absolute Gasteiger partial charge is 0.464 e. The molecule has 0 aromatic rings. The fourth-order valence-corrected chi connectivity index (χ4v) is 2.06. The van der Waals surface area contributed by atoms with Gasteiger partial charge >= 0.3 is 5.97 Å². The topological polar surface area (TPSA) is 61.5 Å². The van der Waals surface area contributed by atoms with Crippen molar-refractivity contribution in [1.29, 1.82) is 0 Å². The van der Waals surface area contributed by atoms with Crippen LogP contribution >= 0.6 is 0 Å². The maximum Gasteiger partial charge on any atom is 0.335 e. The van der Waals surface area contributed by atoms with E-state index in [0.29, 0.717) is 13.0 Å². The Morgan fingerprint density at radius 3 is 2.62 bits per heavy atom. The van der Waals surface area contributed by atoms with Crippen molar-refractivity contribution < 1.29 is 14.3 Å². The summed E-state index contributed by atoms with van der Waals surface area (Å²) in [5, 5.41) is 0. The van der Waals surface area contributed by atoms with Gasteiger partial charge in [0.05, 0.1) is 12.7 Å². The van der Waals surface area contributed by atoms with Crippen molar-refractivity contribution >= 4 is 5.97 Å². The molecule has 0 aromatic carbocycles. The molecule has 0 aromatic heterocycles. The lowest BCUT2D eigenvalue weighted by molar-refractivity contribution is -0.162. The molecule has 2 N–H and O–H groups in total. The maximum atomic E-state index is 11.6. The molecule has 1 fully saturated rings. The van der Waals surface area contributed by atoms with E-state index in [-0.39, 0.29) is 18.1 Å². The molecule has 1 rings (SSSR count). The number of rotatable bonds is 5. The van der Waals surface area contributed by atoms with E-state index in [0.717, 1.165) is 25.7 Å². The standard InChI is InChI=1S/C12H23NO3/c1-3-10(12(14)15-4-2)16-11-8-6-5-7-9(11)13/h9-11H,3-8,13H2,1-2H3. The maximum absolute atomic E-state index is 11.6. The van der Waals surface area contributed by atoms with Gasteiger partial charge in [0.2, 0.25) is 0 Å². The first-order chi connectivity index (χ1) is 7.69. The molecule has 0 heterocycles. The first-order valence-electron chi connectivity index (χ1n) is 6.26. The van der Waals surface area contributed by atoms with Crippen LogP contribution in [0.2, 0.25) is 0 Å². The Morgan fingerprint density at radius 2 is 2.06 bits per heavy atom. The van der Waals surface area contributed by atoms with Gasteiger partial charge in [-0.3, -0.25) is 0 Å². The summed E-state index contributed by atoms with van der Waals surface area (Å²) >= 11 is 0. The molecule has 0 spiro atoms. The van der Waals surface area contributed by atoms with Crippen LogP contribution in [-0.2, 0) is 14.3 Å². The molecule has 0 amide bonds. The zero-order chi connectivity index (χ0) is 12.0. The fraction of sp³-hybridized carbons (Fsp3) is 0.917. The van der Waals surface area contributed by atoms with Crippen molar-refractivity contribution in [2.75, 3.05) is 6.61 Å². The van der Waals surface area contributed by atoms with Crippen LogP contribution in [0.4, 0.5) is 0 Å². The molecule has 1 aliphatic carbocycles. The zero-order valence-corrected chi connectivity index (χ0v) is 10.3. The van der Waals surface area contributed by atoms with Crippen molar-refractivity contribution in [3.05, 3.63) is 0 Å². The number of carbonyl (C=O) groups excluding carboxylic acids is 1. The Kier molecular flexibility index (Phi) is 5.77. The second kappa shape index (κ2) is 6.86. The summed E-state index contributed by atoms with van der Waals surface area (Å²) in [6.07, 6.45) is 4.45. The second-order valence-electron chi connectivity index (χ2n) is 4.27. The molecule has 3 atom stereocenters. The van der Waals surface area contributed by atoms with E-state index >= 15 is 0 Å². The highest BCUT2D eigenvalue weighted by molar-refractivity contribution is 5.74. The number of hydrogen-bond acceptors (Lipinski definition) is 4. The van der Waals surface area contributed by atoms with Gasteiger partial charge in [-0.1, -0.05) is 19.8 Å². The third-order valence-electron chi connectivity index (χ3n) is 3.01. The van der Waals surface area contributed by atoms with Crippen molar-refractivity contribution in [2.45, 2.75) is 64.2 Å². The van der Waals surface area contributed by atoms with E-state index in [4.69, 9.17) is 15.2 Å². The third kappa shape index (κ3) is 3.76. The summed E-state index contributed by atoms with van der Waals surface area (Å²) in [5.41, 5.74) is 5.98. The monoisotopic (exact) mass is 229 g/mol. The van der Waals surface area contributed by atoms with E-state index < -0.39 is 6.10 Å².